The van der Waals surface area contributed by atoms with Crippen molar-refractivity contribution >= 4 is 5.95 Å². The first-order valence-electron chi connectivity index (χ1n) is 11.0. The van der Waals surface area contributed by atoms with Gasteiger partial charge in [-0.05, 0) is 50.8 Å². The summed E-state index contributed by atoms with van der Waals surface area (Å²) in [7, 11) is 0. The van der Waals surface area contributed by atoms with E-state index in [9.17, 15) is 0 Å². The smallest absolute Gasteiger partial charge is 0.223 e. The van der Waals surface area contributed by atoms with Crippen molar-refractivity contribution in [2.75, 3.05) is 5.32 Å². The molecule has 1 aliphatic rings. The summed E-state index contributed by atoms with van der Waals surface area (Å²) in [5.41, 5.74) is 4.37. The lowest BCUT2D eigenvalue weighted by atomic mass is 10.1. The van der Waals surface area contributed by atoms with Gasteiger partial charge in [0.05, 0.1) is 23.7 Å². The number of rotatable bonds is 7. The lowest BCUT2D eigenvalue weighted by Gasteiger charge is -2.12. The Morgan fingerprint density at radius 2 is 1.84 bits per heavy atom. The predicted octanol–water partition coefficient (Wildman–Crippen LogP) is 5.44. The Labute approximate surface area is 186 Å². The van der Waals surface area contributed by atoms with Crippen molar-refractivity contribution in [2.45, 2.75) is 45.3 Å². The molecule has 1 saturated carbocycles. The Balaban J connectivity index is 1.30. The summed E-state index contributed by atoms with van der Waals surface area (Å²) in [6.07, 6.45) is 8.53. The minimum atomic E-state index is 0.307. The Morgan fingerprint density at radius 3 is 2.62 bits per heavy atom. The molecule has 0 amide bonds. The van der Waals surface area contributed by atoms with Gasteiger partial charge in [-0.3, -0.25) is 0 Å². The number of ether oxygens (including phenoxy) is 1. The van der Waals surface area contributed by atoms with Crippen molar-refractivity contribution in [3.05, 3.63) is 72.2 Å². The van der Waals surface area contributed by atoms with Gasteiger partial charge >= 0.3 is 0 Å². The van der Waals surface area contributed by atoms with E-state index in [1.807, 2.05) is 55.5 Å². The van der Waals surface area contributed by atoms with Gasteiger partial charge in [0.25, 0.3) is 0 Å². The van der Waals surface area contributed by atoms with Gasteiger partial charge in [-0.15, -0.1) is 0 Å². The van der Waals surface area contributed by atoms with E-state index in [-0.39, 0.29) is 0 Å². The van der Waals surface area contributed by atoms with Crippen molar-refractivity contribution in [3.63, 3.8) is 0 Å². The quantitative estimate of drug-likeness (QED) is 0.420. The molecule has 3 heterocycles. The lowest BCUT2D eigenvalue weighted by molar-refractivity contribution is 0.209. The van der Waals surface area contributed by atoms with Crippen molar-refractivity contribution in [1.29, 1.82) is 0 Å². The van der Waals surface area contributed by atoms with Crippen LogP contribution in [0.4, 0.5) is 5.95 Å². The molecule has 0 radical (unpaired) electrons. The maximum atomic E-state index is 6.02. The van der Waals surface area contributed by atoms with Crippen LogP contribution in [-0.4, -0.2) is 26.2 Å². The van der Waals surface area contributed by atoms with Gasteiger partial charge in [-0.2, -0.15) is 0 Å². The maximum absolute atomic E-state index is 6.02. The molecule has 1 aliphatic carbocycles. The van der Waals surface area contributed by atoms with Crippen molar-refractivity contribution < 1.29 is 9.26 Å². The SMILES string of the molecule is Cc1noc(-c2ccc(OC3CCCC3)cn2)c1CNc1nccc(-c2ccccc2)n1. The number of hydrogen-bond donors (Lipinski definition) is 1. The fraction of sp³-hybridized carbons (Fsp3) is 0.280. The number of aromatic nitrogens is 4. The summed E-state index contributed by atoms with van der Waals surface area (Å²) in [6.45, 7) is 2.40. The molecule has 0 bridgehead atoms. The number of aryl methyl sites for hydroxylation is 1. The second kappa shape index (κ2) is 9.18. The van der Waals surface area contributed by atoms with Gasteiger partial charge in [-0.1, -0.05) is 35.5 Å². The molecule has 3 aromatic heterocycles. The molecule has 1 N–H and O–H groups in total. The highest BCUT2D eigenvalue weighted by Gasteiger charge is 2.19. The van der Waals surface area contributed by atoms with E-state index in [0.29, 0.717) is 24.4 Å². The van der Waals surface area contributed by atoms with Gasteiger partial charge in [0.15, 0.2) is 5.76 Å². The average molecular weight is 428 g/mol. The van der Waals surface area contributed by atoms with Gasteiger partial charge < -0.3 is 14.6 Å². The zero-order chi connectivity index (χ0) is 21.8. The van der Waals surface area contributed by atoms with Crippen molar-refractivity contribution in [3.8, 4) is 28.5 Å². The van der Waals surface area contributed by atoms with Crippen LogP contribution in [0.1, 0.15) is 36.9 Å². The Morgan fingerprint density at radius 1 is 1.00 bits per heavy atom. The summed E-state index contributed by atoms with van der Waals surface area (Å²) in [5, 5.41) is 7.44. The lowest BCUT2D eigenvalue weighted by Crippen LogP contribution is -2.10. The molecule has 162 valence electrons. The fourth-order valence-electron chi connectivity index (χ4n) is 3.96. The number of hydrogen-bond acceptors (Lipinski definition) is 7. The highest BCUT2D eigenvalue weighted by atomic mass is 16.5. The monoisotopic (exact) mass is 427 g/mol. The third kappa shape index (κ3) is 4.46. The van der Waals surface area contributed by atoms with E-state index in [2.05, 4.69) is 25.4 Å². The molecule has 4 aromatic rings. The van der Waals surface area contributed by atoms with Gasteiger partial charge in [-0.25, -0.2) is 15.0 Å². The van der Waals surface area contributed by atoms with Crippen LogP contribution in [0.5, 0.6) is 5.75 Å². The molecule has 0 unspecified atom stereocenters. The van der Waals surface area contributed by atoms with E-state index in [1.54, 1.807) is 12.4 Å². The Kier molecular flexibility index (Phi) is 5.79. The van der Waals surface area contributed by atoms with Crippen LogP contribution in [-0.2, 0) is 6.54 Å². The highest BCUT2D eigenvalue weighted by Crippen LogP contribution is 2.28. The van der Waals surface area contributed by atoms with Crippen LogP contribution in [0, 0.1) is 6.92 Å². The molecule has 1 fully saturated rings. The van der Waals surface area contributed by atoms with Crippen LogP contribution in [0.3, 0.4) is 0 Å². The first-order chi connectivity index (χ1) is 15.8. The molecule has 0 atom stereocenters. The zero-order valence-corrected chi connectivity index (χ0v) is 18.0. The average Bonchev–Trinajstić information content (AvgIpc) is 3.49. The van der Waals surface area contributed by atoms with Gasteiger partial charge in [0.1, 0.15) is 11.4 Å². The largest absolute Gasteiger partial charge is 0.489 e. The Hall–Kier alpha value is -3.74. The minimum Gasteiger partial charge on any atom is -0.489 e. The molecule has 7 nitrogen and oxygen atoms in total. The molecule has 5 rings (SSSR count). The van der Waals surface area contributed by atoms with E-state index in [4.69, 9.17) is 9.26 Å². The zero-order valence-electron chi connectivity index (χ0n) is 18.0. The number of pyridine rings is 1. The highest BCUT2D eigenvalue weighted by molar-refractivity contribution is 5.61. The molecule has 7 heteroatoms. The van der Waals surface area contributed by atoms with Gasteiger partial charge in [0, 0.05) is 23.9 Å². The summed E-state index contributed by atoms with van der Waals surface area (Å²) in [4.78, 5) is 13.5. The first-order valence-corrected chi connectivity index (χ1v) is 11.0. The standard InChI is InChI=1S/C25H25N5O2/c1-17-21(16-28-25-26-14-13-22(29-25)18-7-3-2-4-8-18)24(32-30-17)23-12-11-20(15-27-23)31-19-9-5-6-10-19/h2-4,7-8,11-15,19H,5-6,9-10,16H2,1H3,(H,26,28,29). The third-order valence-corrected chi connectivity index (χ3v) is 5.71. The normalized spacial score (nSPS) is 13.9. The molecule has 0 spiro atoms. The number of nitrogens with one attached hydrogen (secondary N) is 1. The second-order valence-corrected chi connectivity index (χ2v) is 7.96. The summed E-state index contributed by atoms with van der Waals surface area (Å²) in [5.74, 6) is 1.98. The number of benzene rings is 1. The minimum absolute atomic E-state index is 0.307. The number of nitrogens with zero attached hydrogens (tertiary/aromatic N) is 4. The van der Waals surface area contributed by atoms with Crippen molar-refractivity contribution in [2.24, 2.45) is 0 Å². The molecular weight excluding hydrogens is 402 g/mol. The number of anilines is 1. The summed E-state index contributed by atoms with van der Waals surface area (Å²) < 4.78 is 11.6. The van der Waals surface area contributed by atoms with E-state index in [1.165, 1.54) is 12.8 Å². The van der Waals surface area contributed by atoms with Gasteiger partial charge in [0.2, 0.25) is 5.95 Å². The fourth-order valence-corrected chi connectivity index (χ4v) is 3.96. The van der Waals surface area contributed by atoms with Crippen LogP contribution in [0.2, 0.25) is 0 Å². The molecule has 0 saturated heterocycles. The van der Waals surface area contributed by atoms with E-state index < -0.39 is 0 Å². The summed E-state index contributed by atoms with van der Waals surface area (Å²) >= 11 is 0. The van der Waals surface area contributed by atoms with E-state index >= 15 is 0 Å². The first kappa shape index (κ1) is 20.2. The molecule has 1 aromatic carbocycles. The topological polar surface area (TPSA) is 86.0 Å². The van der Waals surface area contributed by atoms with Crippen LogP contribution < -0.4 is 10.1 Å². The third-order valence-electron chi connectivity index (χ3n) is 5.71. The summed E-state index contributed by atoms with van der Waals surface area (Å²) in [6, 6.07) is 15.8. The Bertz CT molecular complexity index is 1170. The predicted molar refractivity (Wildman–Crippen MR) is 122 cm³/mol. The van der Waals surface area contributed by atoms with Crippen molar-refractivity contribution in [1.82, 2.24) is 20.1 Å². The van der Waals surface area contributed by atoms with Crippen LogP contribution >= 0.6 is 0 Å². The second-order valence-electron chi connectivity index (χ2n) is 7.96. The van der Waals surface area contributed by atoms with Crippen LogP contribution in [0.25, 0.3) is 22.7 Å². The van der Waals surface area contributed by atoms with Crippen LogP contribution in [0.15, 0.2) is 65.4 Å². The molecule has 0 aliphatic heterocycles. The molecule has 32 heavy (non-hydrogen) atoms. The maximum Gasteiger partial charge on any atom is 0.223 e. The molecular formula is C25H25N5O2. The van der Waals surface area contributed by atoms with E-state index in [0.717, 1.165) is 46.8 Å².